The zero-order valence-corrected chi connectivity index (χ0v) is 14.1. The quantitative estimate of drug-likeness (QED) is 0.428. The van der Waals surface area contributed by atoms with Gasteiger partial charge in [-0.1, -0.05) is 12.1 Å². The molecule has 0 aromatic heterocycles. The maximum atomic E-state index is 12.1. The monoisotopic (exact) mass is 357 g/mol. The molecule has 1 fully saturated rings. The SMILES string of the molecule is O=C(OCc1ccccc1[N+](=O)[O-])c1ccc(OC[C@@H]2CCCO2)cc1. The molecule has 1 aliphatic rings. The molecule has 26 heavy (non-hydrogen) atoms. The van der Waals surface area contributed by atoms with Gasteiger partial charge in [0, 0.05) is 12.7 Å². The Morgan fingerprint density at radius 1 is 1.19 bits per heavy atom. The number of ether oxygens (including phenoxy) is 3. The molecule has 1 atom stereocenters. The van der Waals surface area contributed by atoms with E-state index >= 15 is 0 Å². The van der Waals surface area contributed by atoms with E-state index in [1.54, 1.807) is 42.5 Å². The van der Waals surface area contributed by atoms with Gasteiger partial charge in [-0.05, 0) is 43.2 Å². The minimum Gasteiger partial charge on any atom is -0.491 e. The van der Waals surface area contributed by atoms with Crippen molar-refractivity contribution in [3.05, 3.63) is 69.8 Å². The van der Waals surface area contributed by atoms with Crippen molar-refractivity contribution in [3.8, 4) is 5.75 Å². The van der Waals surface area contributed by atoms with Gasteiger partial charge in [0.05, 0.1) is 22.2 Å². The Kier molecular flexibility index (Phi) is 5.80. The van der Waals surface area contributed by atoms with E-state index in [0.717, 1.165) is 19.4 Å². The number of nitrogens with zero attached hydrogens (tertiary/aromatic N) is 1. The molecule has 0 unspecified atom stereocenters. The van der Waals surface area contributed by atoms with E-state index in [0.29, 0.717) is 23.5 Å². The third kappa shape index (κ3) is 4.58. The van der Waals surface area contributed by atoms with E-state index in [4.69, 9.17) is 14.2 Å². The van der Waals surface area contributed by atoms with E-state index in [1.165, 1.54) is 6.07 Å². The Balaban J connectivity index is 1.54. The first-order valence-corrected chi connectivity index (χ1v) is 8.37. The largest absolute Gasteiger partial charge is 0.491 e. The van der Waals surface area contributed by atoms with Crippen LogP contribution in [-0.4, -0.2) is 30.2 Å². The van der Waals surface area contributed by atoms with Crippen LogP contribution in [0.5, 0.6) is 5.75 Å². The lowest BCUT2D eigenvalue weighted by atomic mass is 10.2. The number of hydrogen-bond acceptors (Lipinski definition) is 6. The first-order valence-electron chi connectivity index (χ1n) is 8.37. The summed E-state index contributed by atoms with van der Waals surface area (Å²) in [6.07, 6.45) is 2.18. The molecule has 1 saturated heterocycles. The smallest absolute Gasteiger partial charge is 0.338 e. The van der Waals surface area contributed by atoms with Gasteiger partial charge < -0.3 is 14.2 Å². The second kappa shape index (κ2) is 8.44. The fourth-order valence-corrected chi connectivity index (χ4v) is 2.69. The standard InChI is InChI=1S/C19H19NO6/c21-19(26-12-15-4-1-2-6-18(15)20(22)23)14-7-9-16(10-8-14)25-13-17-5-3-11-24-17/h1-2,4,6-10,17H,3,5,11-13H2/t17-/m0/s1. The van der Waals surface area contributed by atoms with E-state index in [9.17, 15) is 14.9 Å². The number of esters is 1. The molecular weight excluding hydrogens is 338 g/mol. The highest BCUT2D eigenvalue weighted by Crippen LogP contribution is 2.20. The molecule has 1 heterocycles. The van der Waals surface area contributed by atoms with Crippen LogP contribution in [0.15, 0.2) is 48.5 Å². The van der Waals surface area contributed by atoms with Crippen molar-refractivity contribution < 1.29 is 23.9 Å². The molecule has 0 aliphatic carbocycles. The molecule has 2 aromatic carbocycles. The maximum absolute atomic E-state index is 12.1. The average molecular weight is 357 g/mol. The minimum absolute atomic E-state index is 0.0711. The number of benzene rings is 2. The van der Waals surface area contributed by atoms with Crippen molar-refractivity contribution in [1.29, 1.82) is 0 Å². The third-order valence-corrected chi connectivity index (χ3v) is 4.10. The first-order chi connectivity index (χ1) is 12.6. The van der Waals surface area contributed by atoms with E-state index < -0.39 is 10.9 Å². The van der Waals surface area contributed by atoms with Crippen LogP contribution in [0.2, 0.25) is 0 Å². The van der Waals surface area contributed by atoms with Gasteiger partial charge >= 0.3 is 5.97 Å². The molecule has 0 N–H and O–H groups in total. The van der Waals surface area contributed by atoms with Gasteiger partial charge in [-0.3, -0.25) is 10.1 Å². The van der Waals surface area contributed by atoms with E-state index in [2.05, 4.69) is 0 Å². The van der Waals surface area contributed by atoms with Gasteiger partial charge in [-0.15, -0.1) is 0 Å². The molecule has 0 bridgehead atoms. The number of hydrogen-bond donors (Lipinski definition) is 0. The average Bonchev–Trinajstić information content (AvgIpc) is 3.18. The predicted molar refractivity (Wildman–Crippen MR) is 93.1 cm³/mol. The Morgan fingerprint density at radius 3 is 2.65 bits per heavy atom. The van der Waals surface area contributed by atoms with Gasteiger partial charge in [-0.25, -0.2) is 4.79 Å². The topological polar surface area (TPSA) is 87.9 Å². The minimum atomic E-state index is -0.547. The molecule has 3 rings (SSSR count). The van der Waals surface area contributed by atoms with Gasteiger partial charge in [0.15, 0.2) is 0 Å². The van der Waals surface area contributed by atoms with Gasteiger partial charge in [0.1, 0.15) is 19.0 Å². The highest BCUT2D eigenvalue weighted by Gasteiger charge is 2.17. The number of rotatable bonds is 7. The van der Waals surface area contributed by atoms with Crippen molar-refractivity contribution in [2.45, 2.75) is 25.6 Å². The van der Waals surface area contributed by atoms with Crippen LogP contribution < -0.4 is 4.74 Å². The normalized spacial score (nSPS) is 16.2. The van der Waals surface area contributed by atoms with E-state index in [-0.39, 0.29) is 18.4 Å². The third-order valence-electron chi connectivity index (χ3n) is 4.10. The summed E-state index contributed by atoms with van der Waals surface area (Å²) in [5.74, 6) is 0.101. The first kappa shape index (κ1) is 17.9. The Morgan fingerprint density at radius 2 is 1.96 bits per heavy atom. The van der Waals surface area contributed by atoms with Crippen LogP contribution in [0.4, 0.5) is 5.69 Å². The summed E-state index contributed by atoms with van der Waals surface area (Å²) in [6.45, 7) is 1.10. The Bertz CT molecular complexity index is 768. The molecule has 7 heteroatoms. The Labute approximate surface area is 150 Å². The zero-order valence-electron chi connectivity index (χ0n) is 14.1. The van der Waals surface area contributed by atoms with Crippen molar-refractivity contribution >= 4 is 11.7 Å². The second-order valence-electron chi connectivity index (χ2n) is 5.93. The lowest BCUT2D eigenvalue weighted by Crippen LogP contribution is -2.16. The predicted octanol–water partition coefficient (Wildman–Crippen LogP) is 3.51. The summed E-state index contributed by atoms with van der Waals surface area (Å²) in [5, 5.41) is 11.0. The summed E-state index contributed by atoms with van der Waals surface area (Å²) in [5.41, 5.74) is 0.633. The molecule has 0 saturated carbocycles. The van der Waals surface area contributed by atoms with Crippen molar-refractivity contribution in [2.75, 3.05) is 13.2 Å². The summed E-state index contributed by atoms with van der Waals surface area (Å²) in [4.78, 5) is 22.6. The van der Waals surface area contributed by atoms with Gasteiger partial charge in [0.25, 0.3) is 5.69 Å². The van der Waals surface area contributed by atoms with Crippen molar-refractivity contribution in [1.82, 2.24) is 0 Å². The fraction of sp³-hybridized carbons (Fsp3) is 0.316. The van der Waals surface area contributed by atoms with Crippen LogP contribution >= 0.6 is 0 Å². The number of carbonyl (C=O) groups excluding carboxylic acids is 1. The van der Waals surface area contributed by atoms with Crippen LogP contribution in [0.3, 0.4) is 0 Å². The lowest BCUT2D eigenvalue weighted by molar-refractivity contribution is -0.385. The summed E-state index contributed by atoms with van der Waals surface area (Å²) < 4.78 is 16.3. The Hall–Kier alpha value is -2.93. The summed E-state index contributed by atoms with van der Waals surface area (Å²) in [6, 6.07) is 12.8. The maximum Gasteiger partial charge on any atom is 0.338 e. The van der Waals surface area contributed by atoms with Crippen molar-refractivity contribution in [2.24, 2.45) is 0 Å². The zero-order chi connectivity index (χ0) is 18.4. The number of nitro groups is 1. The number of nitro benzene ring substituents is 1. The molecule has 1 aliphatic heterocycles. The molecule has 0 spiro atoms. The molecular formula is C19H19NO6. The number of carbonyl (C=O) groups is 1. The molecule has 7 nitrogen and oxygen atoms in total. The van der Waals surface area contributed by atoms with Gasteiger partial charge in [-0.2, -0.15) is 0 Å². The lowest BCUT2D eigenvalue weighted by Gasteiger charge is -2.11. The second-order valence-corrected chi connectivity index (χ2v) is 5.93. The van der Waals surface area contributed by atoms with Crippen LogP contribution in [0.1, 0.15) is 28.8 Å². The van der Waals surface area contributed by atoms with Crippen LogP contribution in [-0.2, 0) is 16.1 Å². The fourth-order valence-electron chi connectivity index (χ4n) is 2.69. The van der Waals surface area contributed by atoms with E-state index in [1.807, 2.05) is 0 Å². The molecule has 0 amide bonds. The highest BCUT2D eigenvalue weighted by atomic mass is 16.6. The van der Waals surface area contributed by atoms with Crippen LogP contribution in [0, 0.1) is 10.1 Å². The van der Waals surface area contributed by atoms with Crippen LogP contribution in [0.25, 0.3) is 0 Å². The molecule has 2 aromatic rings. The van der Waals surface area contributed by atoms with Gasteiger partial charge in [0.2, 0.25) is 0 Å². The highest BCUT2D eigenvalue weighted by molar-refractivity contribution is 5.89. The summed E-state index contributed by atoms with van der Waals surface area (Å²) in [7, 11) is 0. The van der Waals surface area contributed by atoms with Crippen molar-refractivity contribution in [3.63, 3.8) is 0 Å². The molecule has 0 radical (unpaired) electrons. The number of para-hydroxylation sites is 1. The molecule has 136 valence electrons. The summed E-state index contributed by atoms with van der Waals surface area (Å²) >= 11 is 0.